The molecule has 1 N–H and O–H groups in total. The largest absolute Gasteiger partial charge is 0.444 e. The maximum atomic E-state index is 12.5. The van der Waals surface area contributed by atoms with Crippen LogP contribution in [0.2, 0.25) is 0 Å². The topological polar surface area (TPSA) is 67.9 Å². The fourth-order valence-corrected chi connectivity index (χ4v) is 2.83. The number of benzene rings is 1. The Morgan fingerprint density at radius 2 is 1.96 bits per heavy atom. The first-order chi connectivity index (χ1) is 11.8. The van der Waals surface area contributed by atoms with E-state index in [0.29, 0.717) is 26.2 Å². The Hall–Kier alpha value is -2.08. The van der Waals surface area contributed by atoms with Crippen molar-refractivity contribution in [3.05, 3.63) is 35.9 Å². The summed E-state index contributed by atoms with van der Waals surface area (Å²) in [5.74, 6) is -0.133. The molecule has 0 aliphatic carbocycles. The zero-order valence-corrected chi connectivity index (χ0v) is 15.5. The van der Waals surface area contributed by atoms with Crippen molar-refractivity contribution in [3.63, 3.8) is 0 Å². The minimum absolute atomic E-state index is 0.0388. The summed E-state index contributed by atoms with van der Waals surface area (Å²) in [5, 5.41) is 2.83. The summed E-state index contributed by atoms with van der Waals surface area (Å²) in [6.07, 6.45) is -0.532. The van der Waals surface area contributed by atoms with Gasteiger partial charge in [0.05, 0.1) is 12.7 Å². The lowest BCUT2D eigenvalue weighted by Crippen LogP contribution is -2.41. The fraction of sp³-hybridized carbons (Fsp3) is 0.579. The third-order valence-electron chi connectivity index (χ3n) is 3.99. The van der Waals surface area contributed by atoms with Crippen LogP contribution in [0.4, 0.5) is 4.79 Å². The maximum Gasteiger partial charge on any atom is 0.410 e. The number of rotatable bonds is 3. The number of nitrogens with zero attached hydrogens (tertiary/aromatic N) is 1. The van der Waals surface area contributed by atoms with E-state index in [0.717, 1.165) is 5.56 Å². The van der Waals surface area contributed by atoms with Gasteiger partial charge in [-0.15, -0.1) is 0 Å². The van der Waals surface area contributed by atoms with Crippen LogP contribution in [0.15, 0.2) is 30.3 Å². The minimum atomic E-state index is -0.540. The van der Waals surface area contributed by atoms with Crippen LogP contribution >= 0.6 is 0 Å². The molecular formula is C19H28N2O4. The van der Waals surface area contributed by atoms with E-state index >= 15 is 0 Å². The molecule has 1 aliphatic rings. The molecule has 6 heteroatoms. The summed E-state index contributed by atoms with van der Waals surface area (Å²) in [6, 6.07) is 9.93. The Kier molecular flexibility index (Phi) is 6.42. The van der Waals surface area contributed by atoms with Crippen LogP contribution in [0.1, 0.15) is 39.2 Å². The maximum absolute atomic E-state index is 12.5. The second kappa shape index (κ2) is 8.34. The van der Waals surface area contributed by atoms with Gasteiger partial charge in [0.15, 0.2) is 0 Å². The van der Waals surface area contributed by atoms with Gasteiger partial charge < -0.3 is 19.7 Å². The van der Waals surface area contributed by atoms with E-state index in [1.165, 1.54) is 6.92 Å². The summed E-state index contributed by atoms with van der Waals surface area (Å²) in [6.45, 7) is 8.83. The number of amides is 2. The fourth-order valence-electron chi connectivity index (χ4n) is 2.83. The van der Waals surface area contributed by atoms with E-state index in [1.807, 2.05) is 51.1 Å². The van der Waals surface area contributed by atoms with Gasteiger partial charge in [-0.1, -0.05) is 30.3 Å². The number of carbonyl (C=O) groups is 2. The Morgan fingerprint density at radius 1 is 1.28 bits per heavy atom. The normalized spacial score (nSPS) is 21.4. The standard InChI is InChI=1S/C19H28N2O4/c1-14(22)20-12-17-16(15-8-6-5-7-9-15)13-21(10-11-24-17)18(23)25-19(2,3)4/h5-9,16-17H,10-13H2,1-4H3,(H,20,22)/t16?,17-/m1/s1. The first kappa shape index (κ1) is 19.2. The van der Waals surface area contributed by atoms with Gasteiger partial charge in [-0.25, -0.2) is 4.79 Å². The second-order valence-electron chi connectivity index (χ2n) is 7.29. The summed E-state index contributed by atoms with van der Waals surface area (Å²) < 4.78 is 11.5. The van der Waals surface area contributed by atoms with Crippen molar-refractivity contribution in [1.29, 1.82) is 0 Å². The van der Waals surface area contributed by atoms with E-state index in [4.69, 9.17) is 9.47 Å². The van der Waals surface area contributed by atoms with E-state index in [1.54, 1.807) is 4.90 Å². The smallest absolute Gasteiger partial charge is 0.410 e. The van der Waals surface area contributed by atoms with E-state index in [9.17, 15) is 9.59 Å². The van der Waals surface area contributed by atoms with Gasteiger partial charge in [0, 0.05) is 32.5 Å². The molecule has 1 saturated heterocycles. The first-order valence-corrected chi connectivity index (χ1v) is 8.65. The van der Waals surface area contributed by atoms with Gasteiger partial charge in [-0.3, -0.25) is 4.79 Å². The third kappa shape index (κ3) is 6.05. The number of hydrogen-bond acceptors (Lipinski definition) is 4. The Morgan fingerprint density at radius 3 is 2.56 bits per heavy atom. The summed E-state index contributed by atoms with van der Waals surface area (Å²) in [4.78, 5) is 25.5. The molecule has 0 aromatic heterocycles. The number of carbonyl (C=O) groups excluding carboxylic acids is 2. The highest BCUT2D eigenvalue weighted by atomic mass is 16.6. The first-order valence-electron chi connectivity index (χ1n) is 8.65. The highest BCUT2D eigenvalue weighted by molar-refractivity contribution is 5.72. The molecule has 0 radical (unpaired) electrons. The molecule has 2 rings (SSSR count). The van der Waals surface area contributed by atoms with Gasteiger partial charge in [-0.2, -0.15) is 0 Å². The Balaban J connectivity index is 2.18. The lowest BCUT2D eigenvalue weighted by molar-refractivity contribution is -0.119. The van der Waals surface area contributed by atoms with Gasteiger partial charge in [-0.05, 0) is 26.3 Å². The molecule has 6 nitrogen and oxygen atoms in total. The Labute approximate surface area is 149 Å². The molecule has 25 heavy (non-hydrogen) atoms. The quantitative estimate of drug-likeness (QED) is 0.911. The molecule has 1 aromatic carbocycles. The van der Waals surface area contributed by atoms with Crippen LogP contribution < -0.4 is 5.32 Å². The van der Waals surface area contributed by atoms with Gasteiger partial charge in [0.2, 0.25) is 5.91 Å². The molecular weight excluding hydrogens is 320 g/mol. The van der Waals surface area contributed by atoms with E-state index in [-0.39, 0.29) is 24.0 Å². The SMILES string of the molecule is CC(=O)NC[C@H]1OCCN(C(=O)OC(C)(C)C)CC1c1ccccc1. The number of ether oxygens (including phenoxy) is 2. The van der Waals surface area contributed by atoms with Crippen LogP contribution in [0.5, 0.6) is 0 Å². The molecule has 1 heterocycles. The van der Waals surface area contributed by atoms with E-state index < -0.39 is 5.60 Å². The zero-order valence-electron chi connectivity index (χ0n) is 15.5. The zero-order chi connectivity index (χ0) is 18.4. The molecule has 2 atom stereocenters. The molecule has 1 aromatic rings. The van der Waals surface area contributed by atoms with Crippen LogP contribution in [0.3, 0.4) is 0 Å². The molecule has 0 bridgehead atoms. The van der Waals surface area contributed by atoms with Gasteiger partial charge >= 0.3 is 6.09 Å². The second-order valence-corrected chi connectivity index (χ2v) is 7.29. The monoisotopic (exact) mass is 348 g/mol. The highest BCUT2D eigenvalue weighted by Crippen LogP contribution is 2.26. The molecule has 0 spiro atoms. The predicted octanol–water partition coefficient (Wildman–Crippen LogP) is 2.54. The van der Waals surface area contributed by atoms with Gasteiger partial charge in [0.25, 0.3) is 0 Å². The van der Waals surface area contributed by atoms with Crippen molar-refractivity contribution in [2.75, 3.05) is 26.2 Å². The lowest BCUT2D eigenvalue weighted by Gasteiger charge is -2.30. The van der Waals surface area contributed by atoms with E-state index in [2.05, 4.69) is 5.32 Å². The van der Waals surface area contributed by atoms with Crippen LogP contribution in [-0.4, -0.2) is 54.8 Å². The number of hydrogen-bond donors (Lipinski definition) is 1. The van der Waals surface area contributed by atoms with Crippen LogP contribution in [-0.2, 0) is 14.3 Å². The highest BCUT2D eigenvalue weighted by Gasteiger charge is 2.33. The Bertz CT molecular complexity index is 583. The third-order valence-corrected chi connectivity index (χ3v) is 3.99. The van der Waals surface area contributed by atoms with Crippen molar-refractivity contribution in [2.45, 2.75) is 45.3 Å². The molecule has 138 valence electrons. The van der Waals surface area contributed by atoms with Crippen LogP contribution in [0, 0.1) is 0 Å². The van der Waals surface area contributed by atoms with Crippen molar-refractivity contribution in [1.82, 2.24) is 10.2 Å². The summed E-state index contributed by atoms with van der Waals surface area (Å²) in [7, 11) is 0. The lowest BCUT2D eigenvalue weighted by atomic mass is 9.92. The van der Waals surface area contributed by atoms with Crippen LogP contribution in [0.25, 0.3) is 0 Å². The molecule has 1 aliphatic heterocycles. The predicted molar refractivity (Wildman–Crippen MR) is 95.4 cm³/mol. The summed E-state index contributed by atoms with van der Waals surface area (Å²) >= 11 is 0. The molecule has 1 fully saturated rings. The average Bonchev–Trinajstić information content (AvgIpc) is 2.74. The van der Waals surface area contributed by atoms with Crippen molar-refractivity contribution in [3.8, 4) is 0 Å². The molecule has 1 unspecified atom stereocenters. The van der Waals surface area contributed by atoms with Crippen molar-refractivity contribution in [2.24, 2.45) is 0 Å². The van der Waals surface area contributed by atoms with Crippen molar-refractivity contribution < 1.29 is 19.1 Å². The number of nitrogens with one attached hydrogen (secondary N) is 1. The van der Waals surface area contributed by atoms with Crippen molar-refractivity contribution >= 4 is 12.0 Å². The average molecular weight is 348 g/mol. The summed E-state index contributed by atoms with van der Waals surface area (Å²) in [5.41, 5.74) is 0.538. The van der Waals surface area contributed by atoms with Gasteiger partial charge in [0.1, 0.15) is 5.60 Å². The minimum Gasteiger partial charge on any atom is -0.444 e. The molecule has 2 amide bonds. The molecule has 0 saturated carbocycles.